The van der Waals surface area contributed by atoms with Crippen LogP contribution in [0.2, 0.25) is 0 Å². The number of nitrogens with zero attached hydrogens (tertiary/aromatic N) is 1. The summed E-state index contributed by atoms with van der Waals surface area (Å²) in [5.41, 5.74) is 9.06. The quantitative estimate of drug-likeness (QED) is 0.635. The van der Waals surface area contributed by atoms with Gasteiger partial charge in [-0.1, -0.05) is 18.2 Å². The molecule has 2 rings (SSSR count). The van der Waals surface area contributed by atoms with Crippen molar-refractivity contribution < 1.29 is 9.47 Å². The summed E-state index contributed by atoms with van der Waals surface area (Å²) in [4.78, 5) is 4.35. The molecule has 0 amide bonds. The van der Waals surface area contributed by atoms with Crippen LogP contribution in [0.5, 0.6) is 11.5 Å². The van der Waals surface area contributed by atoms with Gasteiger partial charge in [-0.3, -0.25) is 4.99 Å². The van der Waals surface area contributed by atoms with Crippen molar-refractivity contribution in [3.8, 4) is 11.5 Å². The zero-order valence-corrected chi connectivity index (χ0v) is 13.8. The van der Waals surface area contributed by atoms with E-state index < -0.39 is 0 Å². The second kappa shape index (κ2) is 8.08. The Hall–Kier alpha value is -2.69. The smallest absolute Gasteiger partial charge is 0.193 e. The number of anilines is 1. The first-order chi connectivity index (χ1) is 11.1. The van der Waals surface area contributed by atoms with E-state index in [1.54, 1.807) is 14.2 Å². The molecule has 0 aliphatic heterocycles. The summed E-state index contributed by atoms with van der Waals surface area (Å²) in [7, 11) is 3.31. The van der Waals surface area contributed by atoms with Gasteiger partial charge in [-0.25, -0.2) is 0 Å². The van der Waals surface area contributed by atoms with Crippen molar-refractivity contribution >= 4 is 11.6 Å². The van der Waals surface area contributed by atoms with E-state index in [1.807, 2.05) is 37.3 Å². The van der Waals surface area contributed by atoms with Crippen molar-refractivity contribution in [1.82, 2.24) is 0 Å². The maximum absolute atomic E-state index is 5.91. The van der Waals surface area contributed by atoms with Crippen LogP contribution in [0.1, 0.15) is 11.1 Å². The minimum Gasteiger partial charge on any atom is -0.497 e. The van der Waals surface area contributed by atoms with Gasteiger partial charge in [0.2, 0.25) is 0 Å². The molecule has 0 aliphatic carbocycles. The molecule has 0 saturated carbocycles. The maximum atomic E-state index is 5.91. The maximum Gasteiger partial charge on any atom is 0.193 e. The molecule has 5 heteroatoms. The number of hydrogen-bond acceptors (Lipinski definition) is 3. The number of nitrogens with two attached hydrogens (primary N) is 1. The molecule has 0 aromatic heterocycles. The highest BCUT2D eigenvalue weighted by atomic mass is 16.5. The van der Waals surface area contributed by atoms with Gasteiger partial charge in [0.05, 0.1) is 14.2 Å². The predicted molar refractivity (Wildman–Crippen MR) is 94.5 cm³/mol. The highest BCUT2D eigenvalue weighted by Crippen LogP contribution is 2.19. The standard InChI is InChI=1S/C18H23N3O2/c1-13-7-8-14(11-17(13)23-3)9-10-20-18(19)21-15-5-4-6-16(12-15)22-2/h4-8,11-12H,9-10H2,1-3H3,(H3,19,20,21). The van der Waals surface area contributed by atoms with E-state index in [4.69, 9.17) is 15.2 Å². The fraction of sp³-hybridized carbons (Fsp3) is 0.278. The summed E-state index contributed by atoms with van der Waals surface area (Å²) in [5, 5.41) is 3.06. The van der Waals surface area contributed by atoms with Crippen LogP contribution in [-0.4, -0.2) is 26.7 Å². The number of hydrogen-bond donors (Lipinski definition) is 2. The Morgan fingerprint density at radius 2 is 1.96 bits per heavy atom. The molecular formula is C18H23N3O2. The van der Waals surface area contributed by atoms with Crippen LogP contribution in [-0.2, 0) is 6.42 Å². The summed E-state index contributed by atoms with van der Waals surface area (Å²) >= 11 is 0. The molecule has 5 nitrogen and oxygen atoms in total. The second-order valence-corrected chi connectivity index (χ2v) is 5.18. The van der Waals surface area contributed by atoms with E-state index in [-0.39, 0.29) is 0 Å². The van der Waals surface area contributed by atoms with Crippen molar-refractivity contribution in [3.05, 3.63) is 53.6 Å². The Balaban J connectivity index is 1.92. The molecule has 122 valence electrons. The fourth-order valence-corrected chi connectivity index (χ4v) is 2.21. The molecule has 2 aromatic carbocycles. The minimum absolute atomic E-state index is 0.386. The summed E-state index contributed by atoms with van der Waals surface area (Å²) in [6.45, 7) is 2.63. The molecule has 0 heterocycles. The van der Waals surface area contributed by atoms with Gasteiger partial charge >= 0.3 is 0 Å². The van der Waals surface area contributed by atoms with E-state index in [2.05, 4.69) is 22.4 Å². The number of guanidine groups is 1. The van der Waals surface area contributed by atoms with Crippen LogP contribution in [0.3, 0.4) is 0 Å². The lowest BCUT2D eigenvalue weighted by Crippen LogP contribution is -2.23. The van der Waals surface area contributed by atoms with E-state index in [1.165, 1.54) is 5.56 Å². The molecule has 0 saturated heterocycles. The van der Waals surface area contributed by atoms with Crippen LogP contribution < -0.4 is 20.5 Å². The van der Waals surface area contributed by atoms with Gasteiger partial charge in [-0.2, -0.15) is 0 Å². The summed E-state index contributed by atoms with van der Waals surface area (Å²) in [6, 6.07) is 13.7. The van der Waals surface area contributed by atoms with Crippen molar-refractivity contribution in [1.29, 1.82) is 0 Å². The molecule has 2 aromatic rings. The summed E-state index contributed by atoms with van der Waals surface area (Å²) < 4.78 is 10.5. The zero-order valence-electron chi connectivity index (χ0n) is 13.8. The average Bonchev–Trinajstić information content (AvgIpc) is 2.56. The summed E-state index contributed by atoms with van der Waals surface area (Å²) in [6.07, 6.45) is 0.803. The zero-order chi connectivity index (χ0) is 16.7. The number of nitrogens with one attached hydrogen (secondary N) is 1. The third-order valence-corrected chi connectivity index (χ3v) is 3.50. The highest BCUT2D eigenvalue weighted by molar-refractivity contribution is 5.92. The first kappa shape index (κ1) is 16.7. The van der Waals surface area contributed by atoms with Crippen molar-refractivity contribution in [3.63, 3.8) is 0 Å². The third-order valence-electron chi connectivity index (χ3n) is 3.50. The molecule has 0 bridgehead atoms. The Bertz CT molecular complexity index is 684. The first-order valence-corrected chi connectivity index (χ1v) is 7.47. The van der Waals surface area contributed by atoms with Crippen LogP contribution >= 0.6 is 0 Å². The van der Waals surface area contributed by atoms with Crippen LogP contribution in [0.4, 0.5) is 5.69 Å². The highest BCUT2D eigenvalue weighted by Gasteiger charge is 2.01. The lowest BCUT2D eigenvalue weighted by molar-refractivity contribution is 0.411. The molecule has 23 heavy (non-hydrogen) atoms. The molecule has 3 N–H and O–H groups in total. The van der Waals surface area contributed by atoms with Crippen molar-refractivity contribution in [2.75, 3.05) is 26.1 Å². The molecular weight excluding hydrogens is 290 g/mol. The number of aryl methyl sites for hydroxylation is 1. The topological polar surface area (TPSA) is 68.9 Å². The van der Waals surface area contributed by atoms with E-state index in [9.17, 15) is 0 Å². The van der Waals surface area contributed by atoms with Crippen molar-refractivity contribution in [2.45, 2.75) is 13.3 Å². The normalized spacial score (nSPS) is 11.2. The Morgan fingerprint density at radius 1 is 1.13 bits per heavy atom. The van der Waals surface area contributed by atoms with Gasteiger partial charge < -0.3 is 20.5 Å². The minimum atomic E-state index is 0.386. The van der Waals surface area contributed by atoms with Gasteiger partial charge in [0, 0.05) is 18.3 Å². The molecule has 0 atom stereocenters. The van der Waals surface area contributed by atoms with Gasteiger partial charge in [-0.05, 0) is 42.7 Å². The Labute approximate surface area is 137 Å². The van der Waals surface area contributed by atoms with Gasteiger partial charge in [0.15, 0.2) is 5.96 Å². The van der Waals surface area contributed by atoms with E-state index >= 15 is 0 Å². The Kier molecular flexibility index (Phi) is 5.86. The monoisotopic (exact) mass is 313 g/mol. The lowest BCUT2D eigenvalue weighted by Gasteiger charge is -2.08. The number of benzene rings is 2. The SMILES string of the molecule is COc1cccc(NC(N)=NCCc2ccc(C)c(OC)c2)c1. The molecule has 0 fully saturated rings. The number of ether oxygens (including phenoxy) is 2. The largest absolute Gasteiger partial charge is 0.497 e. The van der Waals surface area contributed by atoms with E-state index in [0.29, 0.717) is 12.5 Å². The fourth-order valence-electron chi connectivity index (χ4n) is 2.21. The van der Waals surface area contributed by atoms with Crippen LogP contribution in [0.15, 0.2) is 47.5 Å². The molecule has 0 spiro atoms. The first-order valence-electron chi connectivity index (χ1n) is 7.47. The molecule has 0 aliphatic rings. The molecule has 0 unspecified atom stereocenters. The number of methoxy groups -OCH3 is 2. The van der Waals surface area contributed by atoms with Gasteiger partial charge in [-0.15, -0.1) is 0 Å². The number of rotatable bonds is 6. The summed E-state index contributed by atoms with van der Waals surface area (Å²) in [5.74, 6) is 2.06. The van der Waals surface area contributed by atoms with Crippen LogP contribution in [0.25, 0.3) is 0 Å². The van der Waals surface area contributed by atoms with Gasteiger partial charge in [0.25, 0.3) is 0 Å². The third kappa shape index (κ3) is 4.92. The van der Waals surface area contributed by atoms with Crippen molar-refractivity contribution in [2.24, 2.45) is 10.7 Å². The predicted octanol–water partition coefficient (Wildman–Crippen LogP) is 2.98. The van der Waals surface area contributed by atoms with Gasteiger partial charge in [0.1, 0.15) is 11.5 Å². The molecule has 0 radical (unpaired) electrons. The van der Waals surface area contributed by atoms with E-state index in [0.717, 1.165) is 29.2 Å². The lowest BCUT2D eigenvalue weighted by atomic mass is 10.1. The second-order valence-electron chi connectivity index (χ2n) is 5.18. The number of aliphatic imine (C=N–C) groups is 1. The Morgan fingerprint density at radius 3 is 2.70 bits per heavy atom. The van der Waals surface area contributed by atoms with Crippen LogP contribution in [0, 0.1) is 6.92 Å². The average molecular weight is 313 g/mol.